The number of aromatic nitrogens is 2. The normalized spacial score (nSPS) is 17.6. The highest BCUT2D eigenvalue weighted by Crippen LogP contribution is 2.25. The van der Waals surface area contributed by atoms with Gasteiger partial charge in [0.1, 0.15) is 0 Å². The molecule has 1 saturated heterocycles. The van der Waals surface area contributed by atoms with Crippen molar-refractivity contribution in [3.8, 4) is 11.4 Å². The summed E-state index contributed by atoms with van der Waals surface area (Å²) in [4.78, 5) is 19.7. The summed E-state index contributed by atoms with van der Waals surface area (Å²) in [5, 5.41) is 4.74. The standard InChI is InChI=1S/C22H22ClN3O2/c1-15-12-18(23)9-10-19(15)21(27)17-8-5-11-26(13-17)14-20-24-22(25-28-20)16-6-3-2-4-7-16/h2-4,6-7,9-10,12,17H,5,8,11,13-14H2,1H3/t17-/m0/s1. The molecule has 1 atom stereocenters. The fourth-order valence-corrected chi connectivity index (χ4v) is 3.98. The van der Waals surface area contributed by atoms with E-state index < -0.39 is 0 Å². The molecule has 28 heavy (non-hydrogen) atoms. The fraction of sp³-hybridized carbons (Fsp3) is 0.318. The summed E-state index contributed by atoms with van der Waals surface area (Å²) < 4.78 is 5.43. The van der Waals surface area contributed by atoms with Gasteiger partial charge in [0.2, 0.25) is 11.7 Å². The van der Waals surface area contributed by atoms with Crippen molar-refractivity contribution in [2.24, 2.45) is 5.92 Å². The van der Waals surface area contributed by atoms with Gasteiger partial charge >= 0.3 is 0 Å². The van der Waals surface area contributed by atoms with E-state index in [1.54, 1.807) is 6.07 Å². The van der Waals surface area contributed by atoms with E-state index in [0.717, 1.165) is 36.1 Å². The Morgan fingerprint density at radius 2 is 2.07 bits per heavy atom. The quantitative estimate of drug-likeness (QED) is 0.581. The number of piperidine rings is 1. The summed E-state index contributed by atoms with van der Waals surface area (Å²) in [6.07, 6.45) is 1.87. The molecule has 0 radical (unpaired) electrons. The zero-order chi connectivity index (χ0) is 19.5. The molecule has 144 valence electrons. The van der Waals surface area contributed by atoms with Gasteiger partial charge in [-0.15, -0.1) is 0 Å². The van der Waals surface area contributed by atoms with Crippen LogP contribution in [0.4, 0.5) is 0 Å². The van der Waals surface area contributed by atoms with Gasteiger partial charge in [-0.25, -0.2) is 0 Å². The lowest BCUT2D eigenvalue weighted by atomic mass is 9.88. The minimum atomic E-state index is -0.0230. The number of likely N-dealkylation sites (tertiary alicyclic amines) is 1. The predicted octanol–water partition coefficient (Wildman–Crippen LogP) is 4.79. The highest BCUT2D eigenvalue weighted by atomic mass is 35.5. The summed E-state index contributed by atoms with van der Waals surface area (Å²) in [6.45, 7) is 4.11. The molecule has 6 heteroatoms. The van der Waals surface area contributed by atoms with Gasteiger partial charge in [-0.05, 0) is 50.1 Å². The van der Waals surface area contributed by atoms with Crippen LogP contribution < -0.4 is 0 Å². The van der Waals surface area contributed by atoms with Crippen LogP contribution in [0.3, 0.4) is 0 Å². The zero-order valence-electron chi connectivity index (χ0n) is 15.8. The number of hydrogen-bond donors (Lipinski definition) is 0. The number of ketones is 1. The van der Waals surface area contributed by atoms with Crippen LogP contribution in [-0.4, -0.2) is 33.9 Å². The first-order chi connectivity index (χ1) is 13.6. The van der Waals surface area contributed by atoms with Gasteiger partial charge in [0.25, 0.3) is 0 Å². The van der Waals surface area contributed by atoms with Crippen LogP contribution in [0.15, 0.2) is 53.1 Å². The zero-order valence-corrected chi connectivity index (χ0v) is 16.5. The molecule has 1 aliphatic heterocycles. The van der Waals surface area contributed by atoms with Crippen LogP contribution >= 0.6 is 11.6 Å². The van der Waals surface area contributed by atoms with Gasteiger partial charge < -0.3 is 4.52 Å². The Morgan fingerprint density at radius 1 is 1.25 bits per heavy atom. The number of benzene rings is 2. The maximum Gasteiger partial charge on any atom is 0.241 e. The SMILES string of the molecule is Cc1cc(Cl)ccc1C(=O)[C@H]1CCCN(Cc2nc(-c3ccccc3)no2)C1. The van der Waals surface area contributed by atoms with Gasteiger partial charge in [-0.3, -0.25) is 9.69 Å². The van der Waals surface area contributed by atoms with Gasteiger partial charge in [0.05, 0.1) is 6.54 Å². The fourth-order valence-electron chi connectivity index (χ4n) is 3.75. The van der Waals surface area contributed by atoms with Crippen molar-refractivity contribution in [1.29, 1.82) is 0 Å². The van der Waals surface area contributed by atoms with E-state index in [-0.39, 0.29) is 11.7 Å². The van der Waals surface area contributed by atoms with E-state index in [9.17, 15) is 4.79 Å². The third-order valence-electron chi connectivity index (χ3n) is 5.19. The van der Waals surface area contributed by atoms with E-state index in [1.165, 1.54) is 0 Å². The number of Topliss-reactive ketones (excluding diaryl/α,β-unsaturated/α-hetero) is 1. The minimum absolute atomic E-state index is 0.0230. The second-order valence-corrected chi connectivity index (χ2v) is 7.71. The number of nitrogens with zero attached hydrogens (tertiary/aromatic N) is 3. The topological polar surface area (TPSA) is 59.2 Å². The molecule has 0 amide bonds. The lowest BCUT2D eigenvalue weighted by molar-refractivity contribution is 0.0796. The molecule has 0 aliphatic carbocycles. The van der Waals surface area contributed by atoms with Crippen molar-refractivity contribution in [1.82, 2.24) is 15.0 Å². The van der Waals surface area contributed by atoms with E-state index in [0.29, 0.717) is 29.8 Å². The summed E-state index contributed by atoms with van der Waals surface area (Å²) >= 11 is 6.02. The van der Waals surface area contributed by atoms with Gasteiger partial charge in [-0.1, -0.05) is 47.1 Å². The number of hydrogen-bond acceptors (Lipinski definition) is 5. The van der Waals surface area contributed by atoms with Crippen LogP contribution in [0.5, 0.6) is 0 Å². The van der Waals surface area contributed by atoms with Gasteiger partial charge in [-0.2, -0.15) is 4.98 Å². The Morgan fingerprint density at radius 3 is 2.86 bits per heavy atom. The average Bonchev–Trinajstić information content (AvgIpc) is 3.17. The van der Waals surface area contributed by atoms with Crippen molar-refractivity contribution in [3.63, 3.8) is 0 Å². The van der Waals surface area contributed by atoms with Crippen molar-refractivity contribution >= 4 is 17.4 Å². The van der Waals surface area contributed by atoms with E-state index in [4.69, 9.17) is 16.1 Å². The Bertz CT molecular complexity index is 971. The molecule has 1 aliphatic rings. The van der Waals surface area contributed by atoms with E-state index >= 15 is 0 Å². The third kappa shape index (κ3) is 4.16. The number of aryl methyl sites for hydroxylation is 1. The summed E-state index contributed by atoms with van der Waals surface area (Å²) in [6, 6.07) is 15.2. The smallest absolute Gasteiger partial charge is 0.241 e. The molecule has 4 rings (SSSR count). The maximum atomic E-state index is 13.0. The molecule has 1 fully saturated rings. The molecule has 0 bridgehead atoms. The first-order valence-corrected chi connectivity index (χ1v) is 9.88. The van der Waals surface area contributed by atoms with Crippen LogP contribution in [0.1, 0.15) is 34.7 Å². The number of carbonyl (C=O) groups excluding carboxylic acids is 1. The van der Waals surface area contributed by atoms with Gasteiger partial charge in [0, 0.05) is 28.6 Å². The van der Waals surface area contributed by atoms with Crippen molar-refractivity contribution in [2.75, 3.05) is 13.1 Å². The van der Waals surface area contributed by atoms with Crippen molar-refractivity contribution < 1.29 is 9.32 Å². The van der Waals surface area contributed by atoms with Crippen LogP contribution in [-0.2, 0) is 6.54 Å². The second-order valence-electron chi connectivity index (χ2n) is 7.28. The predicted molar refractivity (Wildman–Crippen MR) is 108 cm³/mol. The minimum Gasteiger partial charge on any atom is -0.338 e. The lowest BCUT2D eigenvalue weighted by Crippen LogP contribution is -2.38. The molecule has 2 aromatic carbocycles. The van der Waals surface area contributed by atoms with Crippen LogP contribution in [0.25, 0.3) is 11.4 Å². The molecular formula is C22H22ClN3O2. The number of rotatable bonds is 5. The molecule has 2 heterocycles. The second kappa shape index (κ2) is 8.25. The Kier molecular flexibility index (Phi) is 5.55. The molecule has 3 aromatic rings. The molecular weight excluding hydrogens is 374 g/mol. The van der Waals surface area contributed by atoms with E-state index in [2.05, 4.69) is 15.0 Å². The first kappa shape index (κ1) is 18.8. The Balaban J connectivity index is 1.43. The van der Waals surface area contributed by atoms with Gasteiger partial charge in [0.15, 0.2) is 5.78 Å². The molecule has 1 aromatic heterocycles. The first-order valence-electron chi connectivity index (χ1n) is 9.51. The third-order valence-corrected chi connectivity index (χ3v) is 5.42. The molecule has 0 spiro atoms. The highest BCUT2D eigenvalue weighted by Gasteiger charge is 2.28. The largest absolute Gasteiger partial charge is 0.338 e. The number of carbonyl (C=O) groups is 1. The summed E-state index contributed by atoms with van der Waals surface area (Å²) in [5.74, 6) is 1.34. The molecule has 0 saturated carbocycles. The van der Waals surface area contributed by atoms with Crippen molar-refractivity contribution in [2.45, 2.75) is 26.3 Å². The summed E-state index contributed by atoms with van der Waals surface area (Å²) in [5.41, 5.74) is 2.63. The number of halogens is 1. The molecule has 5 nitrogen and oxygen atoms in total. The highest BCUT2D eigenvalue weighted by molar-refractivity contribution is 6.30. The Hall–Kier alpha value is -2.50. The van der Waals surface area contributed by atoms with Crippen LogP contribution in [0, 0.1) is 12.8 Å². The van der Waals surface area contributed by atoms with Crippen molar-refractivity contribution in [3.05, 3.63) is 70.6 Å². The monoisotopic (exact) mass is 395 g/mol. The van der Waals surface area contributed by atoms with E-state index in [1.807, 2.05) is 49.4 Å². The summed E-state index contributed by atoms with van der Waals surface area (Å²) in [7, 11) is 0. The molecule has 0 N–H and O–H groups in total. The maximum absolute atomic E-state index is 13.0. The Labute approximate surface area is 169 Å². The molecule has 0 unspecified atom stereocenters. The average molecular weight is 396 g/mol. The lowest BCUT2D eigenvalue weighted by Gasteiger charge is -2.31. The van der Waals surface area contributed by atoms with Crippen LogP contribution in [0.2, 0.25) is 5.02 Å².